The third-order valence-corrected chi connectivity index (χ3v) is 13.4. The third kappa shape index (κ3) is 8.31. The number of carbonyl (C=O) groups is 4. The van der Waals surface area contributed by atoms with Gasteiger partial charge < -0.3 is 49.3 Å². The lowest BCUT2D eigenvalue weighted by molar-refractivity contribution is -0.137. The first kappa shape index (κ1) is 43.6. The maximum atomic E-state index is 14.3. The van der Waals surface area contributed by atoms with Crippen LogP contribution in [0.3, 0.4) is 0 Å². The summed E-state index contributed by atoms with van der Waals surface area (Å²) in [7, 11) is 4.23. The Morgan fingerprint density at radius 1 is 0.846 bits per heavy atom. The molecule has 0 radical (unpaired) electrons. The van der Waals surface area contributed by atoms with Crippen molar-refractivity contribution in [2.75, 3.05) is 34.5 Å². The fraction of sp³-hybridized carbons (Fsp3) is 0.429. The van der Waals surface area contributed by atoms with Gasteiger partial charge in [0, 0.05) is 36.7 Å². The van der Waals surface area contributed by atoms with Gasteiger partial charge in [0.1, 0.15) is 36.1 Å². The van der Waals surface area contributed by atoms with E-state index in [-0.39, 0.29) is 41.8 Å². The van der Waals surface area contributed by atoms with Crippen molar-refractivity contribution in [1.29, 1.82) is 0 Å². The highest BCUT2D eigenvalue weighted by Crippen LogP contribution is 2.46. The molecule has 0 saturated carbocycles. The Labute approximate surface area is 377 Å². The molecule has 65 heavy (non-hydrogen) atoms. The molecule has 2 aromatic heterocycles. The molecule has 0 bridgehead atoms. The number of aromatic nitrogens is 4. The van der Waals surface area contributed by atoms with Crippen LogP contribution < -0.4 is 15.4 Å². The summed E-state index contributed by atoms with van der Waals surface area (Å²) >= 11 is 0. The largest absolute Gasteiger partial charge is 0.488 e. The lowest BCUT2D eigenvalue weighted by Gasteiger charge is -2.32. The highest BCUT2D eigenvalue weighted by Gasteiger charge is 2.43. The molecule has 3 aliphatic heterocycles. The van der Waals surface area contributed by atoms with Crippen molar-refractivity contribution < 1.29 is 38.1 Å². The van der Waals surface area contributed by atoms with E-state index in [0.29, 0.717) is 37.6 Å². The summed E-state index contributed by atoms with van der Waals surface area (Å²) in [4.78, 5) is 73.7. The molecule has 5 heterocycles. The van der Waals surface area contributed by atoms with Crippen LogP contribution in [0.4, 0.5) is 9.59 Å². The van der Waals surface area contributed by atoms with E-state index in [1.807, 2.05) is 56.0 Å². The van der Waals surface area contributed by atoms with Crippen LogP contribution in [0.25, 0.3) is 33.6 Å². The van der Waals surface area contributed by atoms with Crippen LogP contribution in [-0.2, 0) is 43.2 Å². The molecule has 4 N–H and O–H groups in total. The molecule has 16 heteroatoms. The Balaban J connectivity index is 0.955. The van der Waals surface area contributed by atoms with Gasteiger partial charge in [0.2, 0.25) is 5.91 Å². The number of alkyl carbamates (subject to hydrolysis) is 2. The monoisotopic (exact) mass is 884 g/mol. The second kappa shape index (κ2) is 18.1. The minimum absolute atomic E-state index is 0.0161. The Kier molecular flexibility index (Phi) is 12.1. The van der Waals surface area contributed by atoms with E-state index in [0.717, 1.165) is 82.2 Å². The van der Waals surface area contributed by atoms with Crippen LogP contribution in [0.2, 0.25) is 0 Å². The maximum Gasteiger partial charge on any atom is 0.407 e. The number of aryl methyl sites for hydroxylation is 2. The van der Waals surface area contributed by atoms with Crippen LogP contribution in [-0.4, -0.2) is 100 Å². The topological polar surface area (TPSA) is 193 Å². The van der Waals surface area contributed by atoms with Gasteiger partial charge in [0.05, 0.1) is 56.2 Å². The van der Waals surface area contributed by atoms with E-state index in [2.05, 4.69) is 50.9 Å². The Bertz CT molecular complexity index is 2610. The number of benzene rings is 3. The van der Waals surface area contributed by atoms with Crippen molar-refractivity contribution in [3.8, 4) is 39.4 Å². The van der Waals surface area contributed by atoms with Gasteiger partial charge in [0.25, 0.3) is 5.91 Å². The molecule has 3 aromatic carbocycles. The summed E-state index contributed by atoms with van der Waals surface area (Å²) in [5, 5.41) is 5.49. The van der Waals surface area contributed by atoms with E-state index < -0.39 is 24.3 Å². The highest BCUT2D eigenvalue weighted by molar-refractivity contribution is 5.88. The van der Waals surface area contributed by atoms with Gasteiger partial charge in [-0.05, 0) is 91.0 Å². The molecule has 4 aliphatic rings. The van der Waals surface area contributed by atoms with Gasteiger partial charge in [-0.15, -0.1) is 0 Å². The smallest absolute Gasteiger partial charge is 0.407 e. The van der Waals surface area contributed by atoms with E-state index >= 15 is 0 Å². The molecule has 0 spiro atoms. The van der Waals surface area contributed by atoms with Crippen LogP contribution in [0.15, 0.2) is 66.9 Å². The number of aromatic amines is 2. The summed E-state index contributed by atoms with van der Waals surface area (Å²) in [5.74, 6) is 1.75. The Hall–Kier alpha value is -6.68. The SMILES string of the molecule is COC[C@H]1C[C@@H](c2ncc(-c3ccc4c(c3)COc3cc5c(cc3-4)CCc3nc([C@@H]4CC[C@H](C)N4C(=O)[C@@H](NC(=O)OC)C(C)C)[nH]c3-5)[nH]2)N(C(=O)[C@H](NC(=O)OC)c2ccccc2)C1. The molecular weight excluding hydrogens is 829 g/mol. The molecule has 9 rings (SSSR count). The number of ether oxygens (including phenoxy) is 4. The molecular formula is C49H56N8O8. The van der Waals surface area contributed by atoms with Crippen molar-refractivity contribution in [3.05, 3.63) is 101 Å². The lowest BCUT2D eigenvalue weighted by Crippen LogP contribution is -2.52. The summed E-state index contributed by atoms with van der Waals surface area (Å²) in [6, 6.07) is 17.6. The minimum Gasteiger partial charge on any atom is -0.488 e. The second-order valence-corrected chi connectivity index (χ2v) is 17.9. The van der Waals surface area contributed by atoms with Crippen LogP contribution in [0, 0.1) is 11.8 Å². The van der Waals surface area contributed by atoms with Gasteiger partial charge in [0.15, 0.2) is 0 Å². The number of amides is 4. The number of nitrogens with zero attached hydrogens (tertiary/aromatic N) is 4. The minimum atomic E-state index is -0.944. The molecule has 2 saturated heterocycles. The van der Waals surface area contributed by atoms with Gasteiger partial charge in [-0.25, -0.2) is 19.6 Å². The van der Waals surface area contributed by atoms with Gasteiger partial charge in [-0.2, -0.15) is 0 Å². The fourth-order valence-electron chi connectivity index (χ4n) is 10.1. The molecule has 340 valence electrons. The van der Waals surface area contributed by atoms with Gasteiger partial charge in [-0.1, -0.05) is 56.3 Å². The standard InChI is InChI=1S/C49H56N8O8/c1-26(2)41(54-48(60)63-5)47(59)57-27(3)12-17-38(57)45-51-36-16-14-30-20-35-33-15-13-31(19-32(33)25-65-40(35)21-34(30)43(36)53-45)37-22-50-44(52-37)39-18-28(24-62-4)23-56(39)46(58)42(55-49(61)64-6)29-10-8-7-9-11-29/h7-11,13,15,19-22,26-28,38-39,41-42H,12,14,16-18,23-25H2,1-6H3,(H,50,52)(H,51,53)(H,54,60)(H,55,61)/t27-,28-,38-,39-,41-,42+/m0/s1. The van der Waals surface area contributed by atoms with Crippen LogP contribution >= 0.6 is 0 Å². The number of hydrogen-bond donors (Lipinski definition) is 4. The highest BCUT2D eigenvalue weighted by atomic mass is 16.5. The van der Waals surface area contributed by atoms with E-state index in [4.69, 9.17) is 28.9 Å². The molecule has 4 amide bonds. The average molecular weight is 885 g/mol. The van der Waals surface area contributed by atoms with Gasteiger partial charge >= 0.3 is 12.2 Å². The number of rotatable bonds is 11. The summed E-state index contributed by atoms with van der Waals surface area (Å²) in [6.45, 7) is 7.18. The van der Waals surface area contributed by atoms with Crippen molar-refractivity contribution in [1.82, 2.24) is 40.4 Å². The first-order valence-corrected chi connectivity index (χ1v) is 22.4. The van der Waals surface area contributed by atoms with Crippen molar-refractivity contribution in [3.63, 3.8) is 0 Å². The van der Waals surface area contributed by atoms with Crippen molar-refractivity contribution >= 4 is 24.0 Å². The van der Waals surface area contributed by atoms with E-state index in [1.54, 1.807) is 18.2 Å². The number of H-pyrrole nitrogens is 2. The number of fused-ring (bicyclic) bond motifs is 6. The summed E-state index contributed by atoms with van der Waals surface area (Å²) in [6.07, 6.45) is 4.28. The predicted molar refractivity (Wildman–Crippen MR) is 240 cm³/mol. The zero-order chi connectivity index (χ0) is 45.5. The first-order valence-electron chi connectivity index (χ1n) is 22.4. The molecule has 5 aromatic rings. The number of carbonyl (C=O) groups excluding carboxylic acids is 4. The van der Waals surface area contributed by atoms with Crippen molar-refractivity contribution in [2.45, 2.75) is 89.7 Å². The number of nitrogens with one attached hydrogen (secondary N) is 4. The second-order valence-electron chi connectivity index (χ2n) is 17.9. The zero-order valence-corrected chi connectivity index (χ0v) is 37.6. The maximum absolute atomic E-state index is 14.3. The quantitative estimate of drug-likeness (QED) is 0.106. The number of imidazole rings is 2. The van der Waals surface area contributed by atoms with E-state index in [9.17, 15) is 19.2 Å². The van der Waals surface area contributed by atoms with Crippen LogP contribution in [0.5, 0.6) is 5.75 Å². The Morgan fingerprint density at radius 3 is 2.38 bits per heavy atom. The predicted octanol–water partition coefficient (Wildman–Crippen LogP) is 7.19. The molecule has 6 atom stereocenters. The third-order valence-electron chi connectivity index (χ3n) is 13.4. The van der Waals surface area contributed by atoms with Crippen molar-refractivity contribution in [2.24, 2.45) is 11.8 Å². The normalized spacial score (nSPS) is 20.5. The molecule has 1 aliphatic carbocycles. The average Bonchev–Trinajstić information content (AvgIpc) is 4.15. The lowest BCUT2D eigenvalue weighted by atomic mass is 9.86. The van der Waals surface area contributed by atoms with E-state index in [1.165, 1.54) is 19.8 Å². The molecule has 2 fully saturated rings. The molecule has 0 unspecified atom stereocenters. The van der Waals surface area contributed by atoms with Crippen LogP contribution in [0.1, 0.15) is 92.2 Å². The fourth-order valence-corrected chi connectivity index (χ4v) is 10.1. The Morgan fingerprint density at radius 2 is 1.63 bits per heavy atom. The molecule has 16 nitrogen and oxygen atoms in total. The number of methoxy groups -OCH3 is 3. The summed E-state index contributed by atoms with van der Waals surface area (Å²) in [5.41, 5.74) is 9.75. The number of likely N-dealkylation sites (tertiary alicyclic amines) is 2. The first-order chi connectivity index (χ1) is 31.5. The van der Waals surface area contributed by atoms with Gasteiger partial charge in [-0.3, -0.25) is 9.59 Å². The number of hydrogen-bond acceptors (Lipinski definition) is 10. The zero-order valence-electron chi connectivity index (χ0n) is 37.6. The summed E-state index contributed by atoms with van der Waals surface area (Å²) < 4.78 is 21.7.